The molecular weight excluding hydrogens is 392 g/mol. The average Bonchev–Trinajstić information content (AvgIpc) is 3.33. The van der Waals surface area contributed by atoms with Crippen LogP contribution in [-0.4, -0.2) is 51.9 Å². The quantitative estimate of drug-likeness (QED) is 0.639. The smallest absolute Gasteiger partial charge is 0.240 e. The number of aromatic nitrogens is 3. The van der Waals surface area contributed by atoms with E-state index < -0.39 is 28.3 Å². The molecule has 1 aromatic carbocycles. The lowest BCUT2D eigenvalue weighted by Gasteiger charge is -2.18. The molecule has 8 nitrogen and oxygen atoms in total. The Bertz CT molecular complexity index is 872. The molecule has 0 amide bonds. The summed E-state index contributed by atoms with van der Waals surface area (Å²) >= 11 is 0. The monoisotopic (exact) mass is 414 g/mol. The van der Waals surface area contributed by atoms with Crippen molar-refractivity contribution in [3.05, 3.63) is 42.2 Å². The molecule has 2 aliphatic carbocycles. The van der Waals surface area contributed by atoms with Crippen LogP contribution in [0.15, 0.2) is 41.4 Å². The summed E-state index contributed by atoms with van der Waals surface area (Å²) in [6.07, 6.45) is 2.28. The van der Waals surface area contributed by atoms with Gasteiger partial charge < -0.3 is 10.2 Å². The molecule has 27 heavy (non-hydrogen) atoms. The Morgan fingerprint density at radius 1 is 1.15 bits per heavy atom. The number of aliphatic hydroxyl groups excluding tert-OH is 2. The second kappa shape index (κ2) is 7.84. The standard InChI is InChI=1S/C17H22N4O4S.ClH/c22-16-12(9-21-10-15(18-20-21)11-6-7-11)8-14(17(16)23)19-26(24,25)13-4-2-1-3-5-13;/h1-5,10-12,14,16-17,19,22-23H,6-9H2;1H/t12-,14-,16-,17+;/m1./s1. The van der Waals surface area contributed by atoms with Gasteiger partial charge in [-0.25, -0.2) is 13.1 Å². The Hall–Kier alpha value is -1.52. The van der Waals surface area contributed by atoms with Crippen LogP contribution in [0.2, 0.25) is 0 Å². The minimum atomic E-state index is -3.75. The van der Waals surface area contributed by atoms with E-state index in [0.29, 0.717) is 18.9 Å². The van der Waals surface area contributed by atoms with Crippen molar-refractivity contribution < 1.29 is 18.6 Å². The number of hydrogen-bond acceptors (Lipinski definition) is 6. The van der Waals surface area contributed by atoms with Crippen molar-refractivity contribution in [3.63, 3.8) is 0 Å². The molecule has 1 aromatic heterocycles. The molecule has 4 atom stereocenters. The maximum atomic E-state index is 12.5. The first-order valence-electron chi connectivity index (χ1n) is 8.77. The van der Waals surface area contributed by atoms with Crippen LogP contribution in [0.25, 0.3) is 0 Å². The van der Waals surface area contributed by atoms with Gasteiger partial charge in [-0.2, -0.15) is 0 Å². The van der Waals surface area contributed by atoms with Crippen molar-refractivity contribution in [1.82, 2.24) is 19.7 Å². The van der Waals surface area contributed by atoms with E-state index in [1.807, 2.05) is 6.20 Å². The van der Waals surface area contributed by atoms with E-state index in [1.54, 1.807) is 22.9 Å². The van der Waals surface area contributed by atoms with E-state index in [9.17, 15) is 18.6 Å². The fraction of sp³-hybridized carbons (Fsp3) is 0.529. The molecule has 10 heteroatoms. The van der Waals surface area contributed by atoms with Crippen LogP contribution in [0, 0.1) is 5.92 Å². The Morgan fingerprint density at radius 2 is 1.85 bits per heavy atom. The zero-order chi connectivity index (χ0) is 18.3. The van der Waals surface area contributed by atoms with Gasteiger partial charge in [0.05, 0.1) is 28.8 Å². The van der Waals surface area contributed by atoms with E-state index in [1.165, 1.54) is 12.1 Å². The fourth-order valence-corrected chi connectivity index (χ4v) is 4.78. The summed E-state index contributed by atoms with van der Waals surface area (Å²) in [5.74, 6) is 0.190. The lowest BCUT2D eigenvalue weighted by atomic mass is 10.1. The minimum absolute atomic E-state index is 0. The molecule has 2 fully saturated rings. The second-order valence-corrected chi connectivity index (χ2v) is 8.87. The van der Waals surface area contributed by atoms with Gasteiger partial charge in [-0.15, -0.1) is 17.5 Å². The Balaban J connectivity index is 0.00000210. The van der Waals surface area contributed by atoms with Crippen molar-refractivity contribution >= 4 is 22.4 Å². The van der Waals surface area contributed by atoms with Crippen molar-refractivity contribution in [1.29, 1.82) is 0 Å². The summed E-state index contributed by atoms with van der Waals surface area (Å²) in [6, 6.07) is 7.25. The molecule has 0 aliphatic heterocycles. The molecule has 0 saturated heterocycles. The first-order valence-corrected chi connectivity index (χ1v) is 10.3. The van der Waals surface area contributed by atoms with E-state index in [2.05, 4.69) is 15.0 Å². The molecule has 0 spiro atoms. The normalized spacial score (nSPS) is 28.1. The van der Waals surface area contributed by atoms with Gasteiger partial charge in [0.1, 0.15) is 0 Å². The molecule has 3 N–H and O–H groups in total. The lowest BCUT2D eigenvalue weighted by Crippen LogP contribution is -2.43. The zero-order valence-corrected chi connectivity index (χ0v) is 16.2. The number of nitrogens with one attached hydrogen (secondary N) is 1. The van der Waals surface area contributed by atoms with Crippen molar-refractivity contribution in [2.75, 3.05) is 0 Å². The summed E-state index contributed by atoms with van der Waals surface area (Å²) in [4.78, 5) is 0.135. The highest BCUT2D eigenvalue weighted by molar-refractivity contribution is 7.89. The summed E-state index contributed by atoms with van der Waals surface area (Å²) in [6.45, 7) is 0.390. The third-order valence-electron chi connectivity index (χ3n) is 5.14. The van der Waals surface area contributed by atoms with E-state index in [0.717, 1.165) is 18.5 Å². The molecule has 148 valence electrons. The van der Waals surface area contributed by atoms with Crippen LogP contribution < -0.4 is 4.72 Å². The maximum absolute atomic E-state index is 12.5. The molecule has 1 heterocycles. The highest BCUT2D eigenvalue weighted by atomic mass is 35.5. The third-order valence-corrected chi connectivity index (χ3v) is 6.64. The van der Waals surface area contributed by atoms with Crippen LogP contribution in [0.4, 0.5) is 0 Å². The van der Waals surface area contributed by atoms with E-state index >= 15 is 0 Å². The van der Waals surface area contributed by atoms with Crippen molar-refractivity contribution in [2.24, 2.45) is 5.92 Å². The first kappa shape index (κ1) is 20.2. The molecule has 0 unspecified atom stereocenters. The van der Waals surface area contributed by atoms with Crippen LogP contribution in [0.5, 0.6) is 0 Å². The summed E-state index contributed by atoms with van der Waals surface area (Å²) in [5, 5.41) is 28.9. The van der Waals surface area contributed by atoms with Gasteiger partial charge in [-0.3, -0.25) is 4.68 Å². The predicted octanol–water partition coefficient (Wildman–Crippen LogP) is 0.666. The summed E-state index contributed by atoms with van der Waals surface area (Å²) < 4.78 is 29.1. The van der Waals surface area contributed by atoms with E-state index in [-0.39, 0.29) is 23.2 Å². The summed E-state index contributed by atoms with van der Waals surface area (Å²) in [5.41, 5.74) is 0.958. The van der Waals surface area contributed by atoms with Gasteiger partial charge in [-0.05, 0) is 31.4 Å². The number of rotatable bonds is 6. The number of halogens is 1. The maximum Gasteiger partial charge on any atom is 0.240 e. The molecule has 2 saturated carbocycles. The zero-order valence-electron chi connectivity index (χ0n) is 14.5. The topological polar surface area (TPSA) is 117 Å². The third kappa shape index (κ3) is 4.33. The largest absolute Gasteiger partial charge is 0.390 e. The van der Waals surface area contributed by atoms with Gasteiger partial charge >= 0.3 is 0 Å². The second-order valence-electron chi connectivity index (χ2n) is 7.16. The Kier molecular flexibility index (Phi) is 5.87. The van der Waals surface area contributed by atoms with Crippen LogP contribution in [0.3, 0.4) is 0 Å². The Morgan fingerprint density at radius 3 is 2.52 bits per heavy atom. The molecule has 4 rings (SSSR count). The van der Waals surface area contributed by atoms with Crippen LogP contribution >= 0.6 is 12.4 Å². The lowest BCUT2D eigenvalue weighted by molar-refractivity contribution is 0.00972. The predicted molar refractivity (Wildman–Crippen MR) is 99.9 cm³/mol. The number of sulfonamides is 1. The number of nitrogens with zero attached hydrogens (tertiary/aromatic N) is 3. The fourth-order valence-electron chi connectivity index (χ4n) is 3.50. The first-order chi connectivity index (χ1) is 12.4. The highest BCUT2D eigenvalue weighted by Crippen LogP contribution is 2.38. The van der Waals surface area contributed by atoms with Crippen molar-refractivity contribution in [2.45, 2.75) is 54.9 Å². The number of benzene rings is 1. The van der Waals surface area contributed by atoms with Crippen molar-refractivity contribution in [3.8, 4) is 0 Å². The highest BCUT2D eigenvalue weighted by Gasteiger charge is 2.43. The summed E-state index contributed by atoms with van der Waals surface area (Å²) in [7, 11) is -3.75. The van der Waals surface area contributed by atoms with Gasteiger partial charge in [0.15, 0.2) is 0 Å². The molecule has 0 radical (unpaired) electrons. The molecule has 2 aliphatic rings. The van der Waals surface area contributed by atoms with Gasteiger partial charge in [0.2, 0.25) is 10.0 Å². The number of aliphatic hydroxyl groups is 2. The molecule has 2 aromatic rings. The van der Waals surface area contributed by atoms with Gasteiger partial charge in [0, 0.05) is 24.6 Å². The number of hydrogen-bond donors (Lipinski definition) is 3. The Labute approximate surface area is 164 Å². The SMILES string of the molecule is Cl.O=S(=O)(N[C@@H]1C[C@H](Cn2cc(C3CC3)nn2)[C@@H](O)[C@H]1O)c1ccccc1. The molecular formula is C17H23ClN4O4S. The van der Waals surface area contributed by atoms with Gasteiger partial charge in [0.25, 0.3) is 0 Å². The average molecular weight is 415 g/mol. The molecule has 0 bridgehead atoms. The minimum Gasteiger partial charge on any atom is -0.390 e. The van der Waals surface area contributed by atoms with Gasteiger partial charge in [-0.1, -0.05) is 23.4 Å². The van der Waals surface area contributed by atoms with E-state index in [4.69, 9.17) is 0 Å². The van der Waals surface area contributed by atoms with Crippen LogP contribution in [0.1, 0.15) is 30.9 Å². The van der Waals surface area contributed by atoms with Crippen LogP contribution in [-0.2, 0) is 16.6 Å².